The minimum absolute atomic E-state index is 0.109. The lowest BCUT2D eigenvalue weighted by Gasteiger charge is -2.19. The lowest BCUT2D eigenvalue weighted by atomic mass is 9.87. The highest BCUT2D eigenvalue weighted by Crippen LogP contribution is 2.33. The highest BCUT2D eigenvalue weighted by Gasteiger charge is 2.19. The summed E-state index contributed by atoms with van der Waals surface area (Å²) in [7, 11) is 0. The second-order valence-corrected chi connectivity index (χ2v) is 28.7. The molecule has 12 rings (SSSR count). The molecule has 0 fully saturated rings. The summed E-state index contributed by atoms with van der Waals surface area (Å²) in [5, 5.41) is 10.6. The Kier molecular flexibility index (Phi) is 20.4. The average molecular weight is 1320 g/mol. The van der Waals surface area contributed by atoms with Gasteiger partial charge >= 0.3 is 0 Å². The van der Waals surface area contributed by atoms with Crippen molar-refractivity contribution in [1.29, 1.82) is 0 Å². The first kappa shape index (κ1) is 67.4. The van der Waals surface area contributed by atoms with Crippen molar-refractivity contribution in [1.82, 2.24) is 29.9 Å². The van der Waals surface area contributed by atoms with Crippen LogP contribution >= 0.6 is 15.9 Å². The van der Waals surface area contributed by atoms with Crippen LogP contribution in [-0.4, -0.2) is 29.9 Å². The van der Waals surface area contributed by atoms with Crippen molar-refractivity contribution < 1.29 is 0 Å². The molecule has 0 saturated carbocycles. The van der Waals surface area contributed by atoms with Crippen LogP contribution in [0.3, 0.4) is 0 Å². The molecule has 0 unspecified atom stereocenters. The Labute approximate surface area is 569 Å². The van der Waals surface area contributed by atoms with Crippen LogP contribution in [-0.2, 0) is 21.7 Å². The van der Waals surface area contributed by atoms with Crippen LogP contribution in [0.4, 0.5) is 51.2 Å². The van der Waals surface area contributed by atoms with E-state index in [1.165, 1.54) is 22.3 Å². The minimum atomic E-state index is 0.109. The summed E-state index contributed by atoms with van der Waals surface area (Å²) in [6.07, 6.45) is 0. The number of nitrogens with one attached hydrogen (secondary N) is 3. The van der Waals surface area contributed by atoms with Gasteiger partial charge in [0.15, 0.2) is 34.9 Å². The van der Waals surface area contributed by atoms with Gasteiger partial charge < -0.3 is 33.2 Å². The summed E-state index contributed by atoms with van der Waals surface area (Å²) in [5.41, 5.74) is 36.7. The van der Waals surface area contributed by atoms with Crippen LogP contribution in [0.15, 0.2) is 247 Å². The number of nitrogens with zero attached hydrogens (tertiary/aromatic N) is 6. The third-order valence-electron chi connectivity index (χ3n) is 16.0. The maximum absolute atomic E-state index is 5.80. The van der Waals surface area contributed by atoms with E-state index in [0.717, 1.165) is 72.0 Å². The van der Waals surface area contributed by atoms with Gasteiger partial charge in [-0.3, -0.25) is 0 Å². The van der Waals surface area contributed by atoms with Gasteiger partial charge in [-0.25, -0.2) is 29.9 Å². The maximum Gasteiger partial charge on any atom is 0.164 e. The lowest BCUT2D eigenvalue weighted by Crippen LogP contribution is -2.10. The molecule has 0 saturated heterocycles. The highest BCUT2D eigenvalue weighted by atomic mass is 79.9. The lowest BCUT2D eigenvalue weighted by molar-refractivity contribution is 0.590. The summed E-state index contributed by atoms with van der Waals surface area (Å²) in [6, 6.07) is 81.5. The van der Waals surface area contributed by atoms with E-state index in [9.17, 15) is 0 Å². The Hall–Kier alpha value is -10.5. The predicted molar refractivity (Wildman–Crippen MR) is 404 cm³/mol. The molecule has 95 heavy (non-hydrogen) atoms. The molecule has 2 heterocycles. The minimum Gasteiger partial charge on any atom is -0.399 e. The number of nitrogens with two attached hydrogens (primary N) is 3. The first-order valence-corrected chi connectivity index (χ1v) is 32.7. The van der Waals surface area contributed by atoms with Crippen LogP contribution in [0.2, 0.25) is 0 Å². The fraction of sp³-hybridized carbons (Fsp3) is 0.195. The van der Waals surface area contributed by atoms with Crippen LogP contribution in [0.5, 0.6) is 0 Å². The Morgan fingerprint density at radius 2 is 0.368 bits per heavy atom. The van der Waals surface area contributed by atoms with Gasteiger partial charge in [0, 0.05) is 89.0 Å². The molecule has 0 amide bonds. The number of benzene rings is 10. The molecule has 0 aliphatic heterocycles. The van der Waals surface area contributed by atoms with E-state index in [1.807, 2.05) is 72.8 Å². The number of hydrogen-bond donors (Lipinski definition) is 6. The predicted octanol–water partition coefficient (Wildman–Crippen LogP) is 21.4. The van der Waals surface area contributed by atoms with Crippen LogP contribution in [0.25, 0.3) is 68.3 Å². The molecule has 0 atom stereocenters. The van der Waals surface area contributed by atoms with Gasteiger partial charge in [0.2, 0.25) is 0 Å². The molecule has 0 aliphatic rings. The van der Waals surface area contributed by atoms with E-state index in [4.69, 9.17) is 32.2 Å². The zero-order chi connectivity index (χ0) is 67.7. The summed E-state index contributed by atoms with van der Waals surface area (Å²) in [6.45, 7) is 26.7. The van der Waals surface area contributed by atoms with Crippen molar-refractivity contribution in [3.8, 4) is 68.3 Å². The average Bonchev–Trinajstić information content (AvgIpc) is 0.825. The van der Waals surface area contributed by atoms with Crippen LogP contribution < -0.4 is 33.2 Å². The zero-order valence-corrected chi connectivity index (χ0v) is 58.0. The van der Waals surface area contributed by atoms with Gasteiger partial charge in [-0.15, -0.1) is 0 Å². The molecule has 9 N–H and O–H groups in total. The van der Waals surface area contributed by atoms with Crippen LogP contribution in [0, 0.1) is 0 Å². The van der Waals surface area contributed by atoms with Crippen molar-refractivity contribution >= 4 is 67.1 Å². The molecular formula is C82H85BrN12. The number of aromatic nitrogens is 6. The van der Waals surface area contributed by atoms with E-state index in [-0.39, 0.29) is 21.7 Å². The molecule has 12 aromatic rings. The molecule has 12 nitrogen and oxygen atoms in total. The van der Waals surface area contributed by atoms with E-state index in [2.05, 4.69) is 300 Å². The molecule has 480 valence electrons. The first-order valence-electron chi connectivity index (χ1n) is 32.0. The fourth-order valence-corrected chi connectivity index (χ4v) is 10.4. The number of rotatable bonds is 12. The third-order valence-corrected chi connectivity index (χ3v) is 16.6. The molecule has 0 aliphatic carbocycles. The molecule has 10 aromatic carbocycles. The number of nitrogen functional groups attached to an aromatic ring is 3. The van der Waals surface area contributed by atoms with Gasteiger partial charge in [0.05, 0.1) is 0 Å². The highest BCUT2D eigenvalue weighted by molar-refractivity contribution is 9.10. The Morgan fingerprint density at radius 3 is 0.537 bits per heavy atom. The first-order chi connectivity index (χ1) is 45.1. The largest absolute Gasteiger partial charge is 0.399 e. The van der Waals surface area contributed by atoms with Gasteiger partial charge in [-0.1, -0.05) is 148 Å². The van der Waals surface area contributed by atoms with Gasteiger partial charge in [0.25, 0.3) is 0 Å². The standard InChI is InChI=1S/C51H54N6.C21H18N6.C10H13Br/c1-49(2,3)37-16-28-43(29-17-37)52-40-22-10-34(11-23-40)46-55-47(35-12-24-41(25-13-35)53-44-30-18-38(19-31-44)50(4,5)6)57-48(56-46)36-14-26-42(27-15-36)54-45-32-20-39(21-33-45)51(7,8)9;22-16-7-1-13(2-8-16)19-25-20(14-3-9-17(23)10-4-14)27-21(26-19)15-5-11-18(24)12-6-15;1-10(2,3)8-4-6-9(11)7-5-8/h10-33,52-54H,1-9H3;1-12H,22-24H2;4-7H,1-3H3. The van der Waals surface area contributed by atoms with E-state index < -0.39 is 0 Å². The summed E-state index contributed by atoms with van der Waals surface area (Å²) in [5.74, 6) is 3.55. The topological polar surface area (TPSA) is 191 Å². The zero-order valence-electron chi connectivity index (χ0n) is 56.4. The third kappa shape index (κ3) is 18.4. The van der Waals surface area contributed by atoms with E-state index >= 15 is 0 Å². The molecular weight excluding hydrogens is 1230 g/mol. The Morgan fingerprint density at radius 1 is 0.221 bits per heavy atom. The molecule has 13 heteroatoms. The Bertz CT molecular complexity index is 4030. The second-order valence-electron chi connectivity index (χ2n) is 27.8. The fourth-order valence-electron chi connectivity index (χ4n) is 10.1. The number of hydrogen-bond acceptors (Lipinski definition) is 12. The quantitative estimate of drug-likeness (QED) is 0.0636. The molecule has 2 aromatic heterocycles. The summed E-state index contributed by atoms with van der Waals surface area (Å²) in [4.78, 5) is 29.0. The summed E-state index contributed by atoms with van der Waals surface area (Å²) >= 11 is 3.41. The SMILES string of the molecule is CC(C)(C)c1ccc(Br)cc1.CC(C)(C)c1ccc(Nc2ccc(-c3nc(-c4ccc(Nc5ccc(C(C)(C)C)cc5)cc4)nc(-c4ccc(Nc5ccc(C(C)(C)C)cc5)cc4)n3)cc2)cc1.Nc1ccc(-c2nc(-c3ccc(N)cc3)nc(-c3ccc(N)cc3)n2)cc1. The summed E-state index contributed by atoms with van der Waals surface area (Å²) < 4.78 is 1.14. The van der Waals surface area contributed by atoms with Gasteiger partial charge in [0.1, 0.15) is 0 Å². The van der Waals surface area contributed by atoms with Gasteiger partial charge in [-0.05, 0) is 238 Å². The Balaban J connectivity index is 0.000000211. The number of anilines is 9. The number of halogens is 1. The molecule has 0 radical (unpaired) electrons. The van der Waals surface area contributed by atoms with Crippen molar-refractivity contribution in [3.05, 3.63) is 269 Å². The van der Waals surface area contributed by atoms with Gasteiger partial charge in [-0.2, -0.15) is 0 Å². The second kappa shape index (κ2) is 28.8. The van der Waals surface area contributed by atoms with Crippen molar-refractivity contribution in [2.75, 3.05) is 33.2 Å². The van der Waals surface area contributed by atoms with Crippen LogP contribution in [0.1, 0.15) is 105 Å². The van der Waals surface area contributed by atoms with E-state index in [1.54, 1.807) is 0 Å². The normalized spacial score (nSPS) is 11.5. The van der Waals surface area contributed by atoms with E-state index in [0.29, 0.717) is 52.0 Å². The molecule has 0 bridgehead atoms. The molecule has 0 spiro atoms. The van der Waals surface area contributed by atoms with Crippen molar-refractivity contribution in [2.45, 2.75) is 105 Å². The van der Waals surface area contributed by atoms with Crippen molar-refractivity contribution in [2.24, 2.45) is 0 Å². The smallest absolute Gasteiger partial charge is 0.164 e. The van der Waals surface area contributed by atoms with Crippen molar-refractivity contribution in [3.63, 3.8) is 0 Å². The maximum atomic E-state index is 5.80. The monoisotopic (exact) mass is 1320 g/mol.